The number of primary amides is 2. The second-order valence-corrected chi connectivity index (χ2v) is 3.84. The van der Waals surface area contributed by atoms with Gasteiger partial charge in [-0.05, 0) is 26.6 Å². The second-order valence-electron chi connectivity index (χ2n) is 3.84. The Balaban J connectivity index is 3.24. The van der Waals surface area contributed by atoms with Crippen LogP contribution in [0.2, 0.25) is 0 Å². The highest BCUT2D eigenvalue weighted by molar-refractivity contribution is 5.74. The highest BCUT2D eigenvalue weighted by atomic mass is 16.1. The van der Waals surface area contributed by atoms with Gasteiger partial charge in [0.2, 0.25) is 11.8 Å². The van der Waals surface area contributed by atoms with Gasteiger partial charge in [0.05, 0.1) is 0 Å². The Bertz CT molecular complexity index is 221. The predicted molar refractivity (Wildman–Crippen MR) is 62.6 cm³/mol. The van der Waals surface area contributed by atoms with Gasteiger partial charge in [-0.3, -0.25) is 9.59 Å². The summed E-state index contributed by atoms with van der Waals surface area (Å²) < 4.78 is 0. The molecule has 0 aromatic rings. The number of amides is 2. The van der Waals surface area contributed by atoms with E-state index in [9.17, 15) is 9.59 Å². The summed E-state index contributed by atoms with van der Waals surface area (Å²) in [6.07, 6.45) is 1.73. The summed E-state index contributed by atoms with van der Waals surface area (Å²) >= 11 is 0. The second kappa shape index (κ2) is 9.11. The molecule has 0 aliphatic carbocycles. The molecule has 0 rings (SSSR count). The lowest BCUT2D eigenvalue weighted by Crippen LogP contribution is -2.28. The Labute approximate surface area is 96.3 Å². The van der Waals surface area contributed by atoms with Crippen LogP contribution in [-0.2, 0) is 9.59 Å². The molecule has 0 aromatic carbocycles. The van der Waals surface area contributed by atoms with Gasteiger partial charge in [0.25, 0.3) is 0 Å². The molecule has 0 heterocycles. The quantitative estimate of drug-likeness (QED) is 0.404. The molecule has 5 N–H and O–H groups in total. The summed E-state index contributed by atoms with van der Waals surface area (Å²) in [6, 6.07) is 0. The van der Waals surface area contributed by atoms with Gasteiger partial charge < -0.3 is 21.7 Å². The van der Waals surface area contributed by atoms with Crippen LogP contribution in [0.5, 0.6) is 0 Å². The van der Waals surface area contributed by atoms with Gasteiger partial charge >= 0.3 is 0 Å². The van der Waals surface area contributed by atoms with E-state index in [0.29, 0.717) is 25.9 Å². The topological polar surface area (TPSA) is 101 Å². The molecule has 16 heavy (non-hydrogen) atoms. The van der Waals surface area contributed by atoms with E-state index in [0.717, 1.165) is 19.5 Å². The fourth-order valence-corrected chi connectivity index (χ4v) is 1.22. The smallest absolute Gasteiger partial charge is 0.218 e. The molecule has 0 atom stereocenters. The molecule has 0 aliphatic heterocycles. The zero-order valence-corrected chi connectivity index (χ0v) is 9.87. The summed E-state index contributed by atoms with van der Waals surface area (Å²) in [5.41, 5.74) is 10.0. The third kappa shape index (κ3) is 10.9. The summed E-state index contributed by atoms with van der Waals surface area (Å²) in [5.74, 6) is -0.558. The van der Waals surface area contributed by atoms with Crippen LogP contribution in [0, 0.1) is 0 Å². The van der Waals surface area contributed by atoms with Crippen LogP contribution in [-0.4, -0.2) is 49.9 Å². The molecule has 0 radical (unpaired) electrons. The van der Waals surface area contributed by atoms with Gasteiger partial charge in [0, 0.05) is 25.9 Å². The molecule has 0 saturated carbocycles. The maximum absolute atomic E-state index is 10.5. The molecule has 6 heteroatoms. The number of carbonyl (C=O) groups is 2. The zero-order chi connectivity index (χ0) is 12.4. The van der Waals surface area contributed by atoms with E-state index in [1.807, 2.05) is 7.05 Å². The first-order valence-electron chi connectivity index (χ1n) is 5.48. The predicted octanol–water partition coefficient (Wildman–Crippen LogP) is -1.35. The number of rotatable bonds is 10. The third-order valence-electron chi connectivity index (χ3n) is 2.18. The van der Waals surface area contributed by atoms with Crippen molar-refractivity contribution in [2.75, 3.05) is 33.2 Å². The Morgan fingerprint density at radius 2 is 1.69 bits per heavy atom. The van der Waals surface area contributed by atoms with E-state index >= 15 is 0 Å². The monoisotopic (exact) mass is 230 g/mol. The first-order valence-corrected chi connectivity index (χ1v) is 5.48. The van der Waals surface area contributed by atoms with Gasteiger partial charge in [-0.2, -0.15) is 0 Å². The van der Waals surface area contributed by atoms with Crippen molar-refractivity contribution in [1.29, 1.82) is 0 Å². The molecule has 0 aliphatic rings. The van der Waals surface area contributed by atoms with E-state index in [1.54, 1.807) is 0 Å². The van der Waals surface area contributed by atoms with Gasteiger partial charge in [-0.25, -0.2) is 0 Å². The lowest BCUT2D eigenvalue weighted by molar-refractivity contribution is -0.118. The third-order valence-corrected chi connectivity index (χ3v) is 2.18. The molecule has 94 valence electrons. The fraction of sp³-hybridized carbons (Fsp3) is 0.800. The van der Waals surface area contributed by atoms with E-state index in [-0.39, 0.29) is 11.8 Å². The van der Waals surface area contributed by atoms with Crippen LogP contribution in [0.3, 0.4) is 0 Å². The van der Waals surface area contributed by atoms with Crippen LogP contribution in [0.25, 0.3) is 0 Å². The van der Waals surface area contributed by atoms with Crippen molar-refractivity contribution in [3.63, 3.8) is 0 Å². The highest BCUT2D eigenvalue weighted by Gasteiger charge is 2.00. The molecule has 0 spiro atoms. The maximum Gasteiger partial charge on any atom is 0.218 e. The molecule has 0 unspecified atom stereocenters. The number of hydrogen-bond acceptors (Lipinski definition) is 4. The molecule has 2 amide bonds. The van der Waals surface area contributed by atoms with E-state index in [2.05, 4.69) is 10.2 Å². The lowest BCUT2D eigenvalue weighted by Gasteiger charge is -2.15. The van der Waals surface area contributed by atoms with E-state index < -0.39 is 0 Å². The molecular formula is C10H22N4O2. The summed E-state index contributed by atoms with van der Waals surface area (Å²) in [4.78, 5) is 23.0. The number of nitrogens with one attached hydrogen (secondary N) is 1. The average Bonchev–Trinajstić information content (AvgIpc) is 2.19. The summed E-state index contributed by atoms with van der Waals surface area (Å²) in [5, 5.41) is 3.12. The van der Waals surface area contributed by atoms with Crippen molar-refractivity contribution in [3.8, 4) is 0 Å². The molecule has 0 fully saturated rings. The normalized spacial score (nSPS) is 10.6. The molecular weight excluding hydrogens is 208 g/mol. The van der Waals surface area contributed by atoms with Gasteiger partial charge in [-0.1, -0.05) is 0 Å². The Kier molecular flexibility index (Phi) is 8.46. The van der Waals surface area contributed by atoms with Crippen LogP contribution in [0.1, 0.15) is 19.3 Å². The van der Waals surface area contributed by atoms with Gasteiger partial charge in [0.15, 0.2) is 0 Å². The number of nitrogens with zero attached hydrogens (tertiary/aromatic N) is 1. The van der Waals surface area contributed by atoms with Crippen molar-refractivity contribution < 1.29 is 9.59 Å². The standard InChI is InChI=1S/C10H22N4O2/c1-14(8-4-10(12)16)7-2-5-13-6-3-9(11)15/h13H,2-8H2,1H3,(H2,11,15)(H2,12,16). The molecule has 0 bridgehead atoms. The number of nitrogens with two attached hydrogens (primary N) is 2. The van der Waals surface area contributed by atoms with Crippen LogP contribution < -0.4 is 16.8 Å². The van der Waals surface area contributed by atoms with Crippen molar-refractivity contribution in [2.24, 2.45) is 11.5 Å². The molecule has 0 aromatic heterocycles. The van der Waals surface area contributed by atoms with E-state index in [1.165, 1.54) is 0 Å². The van der Waals surface area contributed by atoms with E-state index in [4.69, 9.17) is 11.5 Å². The van der Waals surface area contributed by atoms with Crippen molar-refractivity contribution in [2.45, 2.75) is 19.3 Å². The summed E-state index contributed by atoms with van der Waals surface area (Å²) in [7, 11) is 1.95. The maximum atomic E-state index is 10.5. The molecule has 6 nitrogen and oxygen atoms in total. The SMILES string of the molecule is CN(CCCNCCC(N)=O)CCC(N)=O. The highest BCUT2D eigenvalue weighted by Crippen LogP contribution is 1.89. The minimum absolute atomic E-state index is 0.272. The van der Waals surface area contributed by atoms with Crippen LogP contribution >= 0.6 is 0 Å². The van der Waals surface area contributed by atoms with Crippen molar-refractivity contribution in [3.05, 3.63) is 0 Å². The first kappa shape index (κ1) is 14.9. The van der Waals surface area contributed by atoms with Crippen molar-refractivity contribution in [1.82, 2.24) is 10.2 Å². The zero-order valence-electron chi connectivity index (χ0n) is 9.87. The summed E-state index contributed by atoms with van der Waals surface area (Å²) in [6.45, 7) is 3.06. The largest absolute Gasteiger partial charge is 0.370 e. The minimum atomic E-state index is -0.286. The van der Waals surface area contributed by atoms with Gasteiger partial charge in [0.1, 0.15) is 0 Å². The average molecular weight is 230 g/mol. The number of hydrogen-bond donors (Lipinski definition) is 3. The Morgan fingerprint density at radius 1 is 1.06 bits per heavy atom. The van der Waals surface area contributed by atoms with Crippen molar-refractivity contribution >= 4 is 11.8 Å². The fourth-order valence-electron chi connectivity index (χ4n) is 1.22. The number of carbonyl (C=O) groups excluding carboxylic acids is 2. The minimum Gasteiger partial charge on any atom is -0.370 e. The van der Waals surface area contributed by atoms with Gasteiger partial charge in [-0.15, -0.1) is 0 Å². The first-order chi connectivity index (χ1) is 7.52. The lowest BCUT2D eigenvalue weighted by atomic mass is 10.3. The Hall–Kier alpha value is -1.14. The Morgan fingerprint density at radius 3 is 2.25 bits per heavy atom. The van der Waals surface area contributed by atoms with Crippen LogP contribution in [0.4, 0.5) is 0 Å². The molecule has 0 saturated heterocycles. The van der Waals surface area contributed by atoms with Crippen LogP contribution in [0.15, 0.2) is 0 Å².